The van der Waals surface area contributed by atoms with Gasteiger partial charge < -0.3 is 5.32 Å². The minimum atomic E-state index is 1.09. The van der Waals surface area contributed by atoms with Crippen molar-refractivity contribution in [3.8, 4) is 22.3 Å². The predicted molar refractivity (Wildman–Crippen MR) is 107 cm³/mol. The summed E-state index contributed by atoms with van der Waals surface area (Å²) >= 11 is 0. The number of rotatable bonds is 4. The normalized spacial score (nSPS) is 10.4. The summed E-state index contributed by atoms with van der Waals surface area (Å²) in [6, 6.07) is 37.9. The Morgan fingerprint density at radius 2 is 0.920 bits per heavy atom. The van der Waals surface area contributed by atoms with Crippen LogP contribution < -0.4 is 5.32 Å². The fraction of sp³-hybridized carbons (Fsp3) is 0. The lowest BCUT2D eigenvalue weighted by Gasteiger charge is -2.13. The molecule has 0 heterocycles. The number of nitrogens with one attached hydrogen (secondary N) is 1. The van der Waals surface area contributed by atoms with E-state index in [1.807, 2.05) is 24.3 Å². The number of anilines is 2. The molecule has 1 N–H and O–H groups in total. The van der Waals surface area contributed by atoms with Gasteiger partial charge in [-0.1, -0.05) is 91.0 Å². The van der Waals surface area contributed by atoms with Gasteiger partial charge in [-0.3, -0.25) is 0 Å². The van der Waals surface area contributed by atoms with E-state index in [0.717, 1.165) is 11.4 Å². The van der Waals surface area contributed by atoms with Crippen LogP contribution in [0.4, 0.5) is 11.4 Å². The summed E-state index contributed by atoms with van der Waals surface area (Å²) in [5.41, 5.74) is 7.09. The Morgan fingerprint density at radius 3 is 1.64 bits per heavy atom. The Bertz CT molecular complexity index is 942. The first kappa shape index (κ1) is 15.2. The highest BCUT2D eigenvalue weighted by Gasteiger charge is 2.05. The van der Waals surface area contributed by atoms with Crippen LogP contribution in [-0.4, -0.2) is 0 Å². The molecule has 0 atom stereocenters. The Balaban J connectivity index is 1.66. The molecule has 0 unspecified atom stereocenters. The van der Waals surface area contributed by atoms with Crippen molar-refractivity contribution < 1.29 is 0 Å². The molecule has 0 amide bonds. The van der Waals surface area contributed by atoms with Crippen molar-refractivity contribution >= 4 is 11.4 Å². The highest BCUT2D eigenvalue weighted by molar-refractivity contribution is 5.82. The summed E-state index contributed by atoms with van der Waals surface area (Å²) in [5, 5.41) is 3.52. The second-order valence-electron chi connectivity index (χ2n) is 5.98. The van der Waals surface area contributed by atoms with Crippen molar-refractivity contribution in [1.29, 1.82) is 0 Å². The molecular weight excluding hydrogens is 302 g/mol. The zero-order valence-electron chi connectivity index (χ0n) is 13.9. The molecule has 120 valence electrons. The van der Waals surface area contributed by atoms with E-state index in [2.05, 4.69) is 90.2 Å². The average Bonchev–Trinajstić information content (AvgIpc) is 2.70. The van der Waals surface area contributed by atoms with Crippen LogP contribution in [0.1, 0.15) is 0 Å². The quantitative estimate of drug-likeness (QED) is 0.437. The van der Waals surface area contributed by atoms with Crippen LogP contribution in [0.15, 0.2) is 109 Å². The van der Waals surface area contributed by atoms with Gasteiger partial charge in [0.15, 0.2) is 0 Å². The maximum atomic E-state index is 3.52. The topological polar surface area (TPSA) is 12.0 Å². The highest BCUT2D eigenvalue weighted by Crippen LogP contribution is 2.31. The first-order valence-corrected chi connectivity index (χ1v) is 8.47. The summed E-state index contributed by atoms with van der Waals surface area (Å²) in [6.07, 6.45) is 0. The molecular formula is C24H19N. The Hall–Kier alpha value is -3.32. The molecule has 25 heavy (non-hydrogen) atoms. The summed E-state index contributed by atoms with van der Waals surface area (Å²) in [7, 11) is 0. The van der Waals surface area contributed by atoms with Crippen LogP contribution in [0.5, 0.6) is 0 Å². The fourth-order valence-electron chi connectivity index (χ4n) is 2.99. The van der Waals surface area contributed by atoms with Crippen molar-refractivity contribution in [3.63, 3.8) is 0 Å². The lowest BCUT2D eigenvalue weighted by Crippen LogP contribution is -1.92. The van der Waals surface area contributed by atoms with Gasteiger partial charge in [-0.25, -0.2) is 0 Å². The minimum absolute atomic E-state index is 1.09. The third-order valence-corrected chi connectivity index (χ3v) is 4.28. The third-order valence-electron chi connectivity index (χ3n) is 4.28. The molecule has 0 radical (unpaired) electrons. The SMILES string of the molecule is c1ccc(Nc2ccccc2-c2ccc(-c3ccccc3)cc2)cc1. The van der Waals surface area contributed by atoms with Gasteiger partial charge in [0.1, 0.15) is 0 Å². The molecule has 0 fully saturated rings. The van der Waals surface area contributed by atoms with E-state index < -0.39 is 0 Å². The summed E-state index contributed by atoms with van der Waals surface area (Å²) in [5.74, 6) is 0. The van der Waals surface area contributed by atoms with Gasteiger partial charge >= 0.3 is 0 Å². The molecule has 0 spiro atoms. The van der Waals surface area contributed by atoms with E-state index in [1.165, 1.54) is 22.3 Å². The van der Waals surface area contributed by atoms with Crippen LogP contribution in [0.25, 0.3) is 22.3 Å². The van der Waals surface area contributed by atoms with Gasteiger partial charge in [-0.15, -0.1) is 0 Å². The number of para-hydroxylation sites is 2. The monoisotopic (exact) mass is 321 g/mol. The van der Waals surface area contributed by atoms with Gasteiger partial charge in [0, 0.05) is 16.9 Å². The van der Waals surface area contributed by atoms with Crippen molar-refractivity contribution in [2.75, 3.05) is 5.32 Å². The standard InChI is InChI=1S/C24H19N/c1-3-9-19(10-4-1)20-15-17-21(18-16-20)23-13-7-8-14-24(23)25-22-11-5-2-6-12-22/h1-18,25H. The highest BCUT2D eigenvalue weighted by atomic mass is 14.9. The number of hydrogen-bond donors (Lipinski definition) is 1. The molecule has 4 aromatic rings. The Labute approximate surface area is 148 Å². The van der Waals surface area contributed by atoms with Crippen molar-refractivity contribution in [2.45, 2.75) is 0 Å². The van der Waals surface area contributed by atoms with Crippen LogP contribution in [-0.2, 0) is 0 Å². The lowest BCUT2D eigenvalue weighted by atomic mass is 9.99. The molecule has 4 rings (SSSR count). The Kier molecular flexibility index (Phi) is 4.30. The zero-order chi connectivity index (χ0) is 16.9. The second-order valence-corrected chi connectivity index (χ2v) is 5.98. The molecule has 0 saturated carbocycles. The van der Waals surface area contributed by atoms with Gasteiger partial charge in [-0.2, -0.15) is 0 Å². The molecule has 0 aliphatic rings. The van der Waals surface area contributed by atoms with Crippen molar-refractivity contribution in [1.82, 2.24) is 0 Å². The number of hydrogen-bond acceptors (Lipinski definition) is 1. The van der Waals surface area contributed by atoms with Crippen LogP contribution in [0.2, 0.25) is 0 Å². The van der Waals surface area contributed by atoms with E-state index >= 15 is 0 Å². The fourth-order valence-corrected chi connectivity index (χ4v) is 2.99. The smallest absolute Gasteiger partial charge is 0.0463 e. The van der Waals surface area contributed by atoms with Crippen LogP contribution in [0, 0.1) is 0 Å². The second kappa shape index (κ2) is 7.06. The molecule has 0 aliphatic heterocycles. The van der Waals surface area contributed by atoms with E-state index in [4.69, 9.17) is 0 Å². The van der Waals surface area contributed by atoms with E-state index in [0.29, 0.717) is 0 Å². The van der Waals surface area contributed by atoms with Crippen LogP contribution in [0.3, 0.4) is 0 Å². The zero-order valence-corrected chi connectivity index (χ0v) is 13.9. The van der Waals surface area contributed by atoms with E-state index in [9.17, 15) is 0 Å². The first-order chi connectivity index (χ1) is 12.4. The minimum Gasteiger partial charge on any atom is -0.355 e. The number of benzene rings is 4. The molecule has 0 aliphatic carbocycles. The van der Waals surface area contributed by atoms with Crippen molar-refractivity contribution in [3.05, 3.63) is 109 Å². The average molecular weight is 321 g/mol. The van der Waals surface area contributed by atoms with Gasteiger partial charge in [0.25, 0.3) is 0 Å². The van der Waals surface area contributed by atoms with Gasteiger partial charge in [-0.05, 0) is 34.9 Å². The van der Waals surface area contributed by atoms with Gasteiger partial charge in [0.2, 0.25) is 0 Å². The molecule has 0 aromatic heterocycles. The lowest BCUT2D eigenvalue weighted by molar-refractivity contribution is 1.53. The summed E-state index contributed by atoms with van der Waals surface area (Å²) in [4.78, 5) is 0. The van der Waals surface area contributed by atoms with Crippen molar-refractivity contribution in [2.24, 2.45) is 0 Å². The maximum absolute atomic E-state index is 3.52. The Morgan fingerprint density at radius 1 is 0.400 bits per heavy atom. The summed E-state index contributed by atoms with van der Waals surface area (Å²) in [6.45, 7) is 0. The first-order valence-electron chi connectivity index (χ1n) is 8.47. The molecule has 4 aromatic carbocycles. The van der Waals surface area contributed by atoms with Crippen LogP contribution >= 0.6 is 0 Å². The van der Waals surface area contributed by atoms with E-state index in [-0.39, 0.29) is 0 Å². The molecule has 1 heteroatoms. The molecule has 1 nitrogen and oxygen atoms in total. The summed E-state index contributed by atoms with van der Waals surface area (Å²) < 4.78 is 0. The third kappa shape index (κ3) is 3.46. The maximum Gasteiger partial charge on any atom is 0.0463 e. The van der Waals surface area contributed by atoms with Gasteiger partial charge in [0.05, 0.1) is 0 Å². The van der Waals surface area contributed by atoms with E-state index in [1.54, 1.807) is 0 Å². The molecule has 0 bridgehead atoms. The molecule has 0 saturated heterocycles. The largest absolute Gasteiger partial charge is 0.355 e. The predicted octanol–water partition coefficient (Wildman–Crippen LogP) is 6.76.